The molecule has 0 aliphatic heterocycles. The Morgan fingerprint density at radius 3 is 2.94 bits per heavy atom. The lowest BCUT2D eigenvalue weighted by Crippen LogP contribution is -2.25. The Kier molecular flexibility index (Phi) is 5.77. The fourth-order valence-electron chi connectivity index (χ4n) is 1.20. The van der Waals surface area contributed by atoms with Crippen LogP contribution in [0.5, 0.6) is 5.88 Å². The molecule has 0 saturated heterocycles. The standard InChI is InChI=1S/C11H18N4O2/c1-3-5-13-10(16)4-6-12-9-7-11(17-2)15-8-14-9/h7-8H,3-6H2,1-2H3,(H,13,16)(H,12,14,15). The molecule has 0 radical (unpaired) electrons. The molecule has 2 N–H and O–H groups in total. The van der Waals surface area contributed by atoms with Crippen LogP contribution in [0.1, 0.15) is 19.8 Å². The molecule has 1 aromatic heterocycles. The third kappa shape index (κ3) is 5.14. The second kappa shape index (κ2) is 7.43. The van der Waals surface area contributed by atoms with E-state index in [2.05, 4.69) is 20.6 Å². The third-order valence-corrected chi connectivity index (χ3v) is 2.08. The van der Waals surface area contributed by atoms with Gasteiger partial charge < -0.3 is 15.4 Å². The number of anilines is 1. The molecule has 1 rings (SSSR count). The van der Waals surface area contributed by atoms with E-state index >= 15 is 0 Å². The predicted octanol–water partition coefficient (Wildman–Crippen LogP) is 0.813. The number of ether oxygens (including phenoxy) is 1. The highest BCUT2D eigenvalue weighted by Crippen LogP contribution is 2.09. The SMILES string of the molecule is CCCNC(=O)CCNc1cc(OC)ncn1. The number of methoxy groups -OCH3 is 1. The fourth-order valence-corrected chi connectivity index (χ4v) is 1.20. The zero-order valence-electron chi connectivity index (χ0n) is 10.2. The molecule has 0 bridgehead atoms. The van der Waals surface area contributed by atoms with Crippen molar-refractivity contribution in [3.63, 3.8) is 0 Å². The minimum Gasteiger partial charge on any atom is -0.481 e. The van der Waals surface area contributed by atoms with Gasteiger partial charge in [-0.2, -0.15) is 0 Å². The molecule has 0 spiro atoms. The van der Waals surface area contributed by atoms with Crippen LogP contribution in [0, 0.1) is 0 Å². The van der Waals surface area contributed by atoms with Crippen LogP contribution in [0.4, 0.5) is 5.82 Å². The first-order chi connectivity index (χ1) is 8.26. The molecule has 1 heterocycles. The highest BCUT2D eigenvalue weighted by Gasteiger charge is 2.01. The van der Waals surface area contributed by atoms with Crippen molar-refractivity contribution in [2.75, 3.05) is 25.5 Å². The van der Waals surface area contributed by atoms with Crippen molar-refractivity contribution in [2.45, 2.75) is 19.8 Å². The number of carbonyl (C=O) groups is 1. The van der Waals surface area contributed by atoms with Gasteiger partial charge in [0.25, 0.3) is 0 Å². The second-order valence-corrected chi connectivity index (χ2v) is 3.47. The molecule has 0 aliphatic carbocycles. The van der Waals surface area contributed by atoms with Crippen molar-refractivity contribution >= 4 is 11.7 Å². The van der Waals surface area contributed by atoms with Gasteiger partial charge in [0.15, 0.2) is 0 Å². The van der Waals surface area contributed by atoms with Crippen molar-refractivity contribution in [3.8, 4) is 5.88 Å². The summed E-state index contributed by atoms with van der Waals surface area (Å²) in [6.07, 6.45) is 2.78. The van der Waals surface area contributed by atoms with E-state index in [9.17, 15) is 4.79 Å². The first kappa shape index (κ1) is 13.2. The number of hydrogen-bond donors (Lipinski definition) is 2. The summed E-state index contributed by atoms with van der Waals surface area (Å²) in [7, 11) is 1.55. The first-order valence-corrected chi connectivity index (χ1v) is 5.63. The summed E-state index contributed by atoms with van der Waals surface area (Å²) >= 11 is 0. The van der Waals surface area contributed by atoms with Crippen LogP contribution < -0.4 is 15.4 Å². The number of carbonyl (C=O) groups excluding carboxylic acids is 1. The average Bonchev–Trinajstić information content (AvgIpc) is 2.36. The summed E-state index contributed by atoms with van der Waals surface area (Å²) in [6, 6.07) is 1.68. The van der Waals surface area contributed by atoms with Gasteiger partial charge >= 0.3 is 0 Å². The Hall–Kier alpha value is -1.85. The molecular weight excluding hydrogens is 220 g/mol. The van der Waals surface area contributed by atoms with Crippen molar-refractivity contribution in [1.82, 2.24) is 15.3 Å². The molecule has 94 valence electrons. The van der Waals surface area contributed by atoms with E-state index in [0.29, 0.717) is 24.7 Å². The van der Waals surface area contributed by atoms with Gasteiger partial charge in [-0.25, -0.2) is 9.97 Å². The minimum atomic E-state index is 0.0420. The van der Waals surface area contributed by atoms with Gasteiger partial charge in [0, 0.05) is 25.6 Å². The van der Waals surface area contributed by atoms with Crippen LogP contribution in [-0.2, 0) is 4.79 Å². The summed E-state index contributed by atoms with van der Waals surface area (Å²) in [6.45, 7) is 3.28. The Balaban J connectivity index is 2.28. The van der Waals surface area contributed by atoms with Crippen LogP contribution in [0.2, 0.25) is 0 Å². The van der Waals surface area contributed by atoms with Crippen molar-refractivity contribution in [3.05, 3.63) is 12.4 Å². The van der Waals surface area contributed by atoms with Gasteiger partial charge in [-0.15, -0.1) is 0 Å². The zero-order valence-corrected chi connectivity index (χ0v) is 10.2. The maximum Gasteiger partial charge on any atom is 0.221 e. The van der Waals surface area contributed by atoms with Crippen LogP contribution in [-0.4, -0.2) is 36.1 Å². The van der Waals surface area contributed by atoms with E-state index in [0.717, 1.165) is 13.0 Å². The highest BCUT2D eigenvalue weighted by molar-refractivity contribution is 5.76. The van der Waals surface area contributed by atoms with Gasteiger partial charge in [-0.3, -0.25) is 4.79 Å². The van der Waals surface area contributed by atoms with Crippen LogP contribution in [0.15, 0.2) is 12.4 Å². The number of amides is 1. The Morgan fingerprint density at radius 1 is 1.41 bits per heavy atom. The maximum atomic E-state index is 11.3. The summed E-state index contributed by atoms with van der Waals surface area (Å²) in [4.78, 5) is 19.2. The average molecular weight is 238 g/mol. The summed E-state index contributed by atoms with van der Waals surface area (Å²) < 4.78 is 4.96. The Bertz CT molecular complexity index is 357. The lowest BCUT2D eigenvalue weighted by molar-refractivity contribution is -0.120. The van der Waals surface area contributed by atoms with Gasteiger partial charge in [0.05, 0.1) is 7.11 Å². The highest BCUT2D eigenvalue weighted by atomic mass is 16.5. The van der Waals surface area contributed by atoms with Crippen molar-refractivity contribution < 1.29 is 9.53 Å². The summed E-state index contributed by atoms with van der Waals surface area (Å²) in [5.41, 5.74) is 0. The molecule has 0 atom stereocenters. The van der Waals surface area contributed by atoms with Gasteiger partial charge in [0.2, 0.25) is 11.8 Å². The molecule has 1 aromatic rings. The molecule has 17 heavy (non-hydrogen) atoms. The quantitative estimate of drug-likeness (QED) is 0.735. The molecule has 0 aliphatic rings. The van der Waals surface area contributed by atoms with E-state index in [-0.39, 0.29) is 5.91 Å². The Morgan fingerprint density at radius 2 is 2.24 bits per heavy atom. The summed E-state index contributed by atoms with van der Waals surface area (Å²) in [5.74, 6) is 1.19. The molecule has 0 fully saturated rings. The number of nitrogens with one attached hydrogen (secondary N) is 2. The van der Waals surface area contributed by atoms with Crippen LogP contribution in [0.25, 0.3) is 0 Å². The number of rotatable bonds is 7. The van der Waals surface area contributed by atoms with Crippen LogP contribution in [0.3, 0.4) is 0 Å². The maximum absolute atomic E-state index is 11.3. The number of aromatic nitrogens is 2. The number of hydrogen-bond acceptors (Lipinski definition) is 5. The summed E-state index contributed by atoms with van der Waals surface area (Å²) in [5, 5.41) is 5.84. The monoisotopic (exact) mass is 238 g/mol. The van der Waals surface area contributed by atoms with Gasteiger partial charge in [-0.1, -0.05) is 6.92 Å². The molecule has 6 heteroatoms. The second-order valence-electron chi connectivity index (χ2n) is 3.47. The van der Waals surface area contributed by atoms with Crippen LogP contribution >= 0.6 is 0 Å². The van der Waals surface area contributed by atoms with E-state index < -0.39 is 0 Å². The minimum absolute atomic E-state index is 0.0420. The molecular formula is C11H18N4O2. The lowest BCUT2D eigenvalue weighted by Gasteiger charge is -2.06. The fraction of sp³-hybridized carbons (Fsp3) is 0.545. The van der Waals surface area contributed by atoms with E-state index in [1.54, 1.807) is 13.2 Å². The third-order valence-electron chi connectivity index (χ3n) is 2.08. The first-order valence-electron chi connectivity index (χ1n) is 5.63. The predicted molar refractivity (Wildman–Crippen MR) is 65.0 cm³/mol. The molecule has 1 amide bonds. The van der Waals surface area contributed by atoms with E-state index in [1.807, 2.05) is 6.92 Å². The molecule has 0 unspecified atom stereocenters. The topological polar surface area (TPSA) is 76.1 Å². The van der Waals surface area contributed by atoms with E-state index in [1.165, 1.54) is 6.33 Å². The van der Waals surface area contributed by atoms with Gasteiger partial charge in [0.1, 0.15) is 12.1 Å². The smallest absolute Gasteiger partial charge is 0.221 e. The molecule has 0 saturated carbocycles. The zero-order chi connectivity index (χ0) is 12.5. The van der Waals surface area contributed by atoms with Gasteiger partial charge in [-0.05, 0) is 6.42 Å². The molecule has 0 aromatic carbocycles. The largest absolute Gasteiger partial charge is 0.481 e. The van der Waals surface area contributed by atoms with Crippen molar-refractivity contribution in [2.24, 2.45) is 0 Å². The number of nitrogens with zero attached hydrogens (tertiary/aromatic N) is 2. The normalized spacial score (nSPS) is 9.76. The lowest BCUT2D eigenvalue weighted by atomic mass is 10.3. The van der Waals surface area contributed by atoms with E-state index in [4.69, 9.17) is 4.74 Å². The molecule has 6 nitrogen and oxygen atoms in total. The van der Waals surface area contributed by atoms with Crippen molar-refractivity contribution in [1.29, 1.82) is 0 Å². The Labute approximate surface area is 101 Å².